The summed E-state index contributed by atoms with van der Waals surface area (Å²) in [6.45, 7) is 4.26. The van der Waals surface area contributed by atoms with Gasteiger partial charge in [-0.3, -0.25) is 4.79 Å². The first-order chi connectivity index (χ1) is 8.70. The van der Waals surface area contributed by atoms with Gasteiger partial charge in [0.2, 0.25) is 0 Å². The lowest BCUT2D eigenvalue weighted by Gasteiger charge is -2.14. The molecule has 3 heteroatoms. The molecule has 1 amide bonds. The highest BCUT2D eigenvalue weighted by Crippen LogP contribution is 2.21. The Morgan fingerprint density at radius 1 is 1.22 bits per heavy atom. The molecule has 0 fully saturated rings. The molecule has 0 spiro atoms. The Balaban J connectivity index is 2.14. The number of ether oxygens (including phenoxy) is 1. The molecule has 3 nitrogen and oxygen atoms in total. The third-order valence-corrected chi connectivity index (χ3v) is 2.75. The first-order valence-corrected chi connectivity index (χ1v) is 6.14. The van der Waals surface area contributed by atoms with Crippen molar-refractivity contribution in [3.63, 3.8) is 0 Å². The summed E-state index contributed by atoms with van der Waals surface area (Å²) >= 11 is 0. The molecule has 2 aromatic rings. The number of hydrogen-bond donors (Lipinski definition) is 1. The molecule has 0 saturated carbocycles. The maximum Gasteiger partial charge on any atom is 0.260 e. The van der Waals surface area contributed by atoms with Gasteiger partial charge < -0.3 is 10.1 Å². The average molecular weight is 243 g/mol. The number of benzene rings is 2. The summed E-state index contributed by atoms with van der Waals surface area (Å²) in [6.07, 6.45) is -0.480. The number of nitrogens with one attached hydrogen (secondary N) is 1. The van der Waals surface area contributed by atoms with E-state index in [4.69, 9.17) is 4.74 Å². The number of carbonyl (C=O) groups is 1. The van der Waals surface area contributed by atoms with Crippen LogP contribution >= 0.6 is 0 Å². The molecule has 1 N–H and O–H groups in total. The van der Waals surface area contributed by atoms with E-state index in [1.807, 2.05) is 49.4 Å². The van der Waals surface area contributed by atoms with Crippen molar-refractivity contribution in [2.24, 2.45) is 0 Å². The molecule has 0 aromatic heterocycles. The Labute approximate surface area is 107 Å². The molecule has 1 atom stereocenters. The van der Waals surface area contributed by atoms with E-state index < -0.39 is 6.10 Å². The Kier molecular flexibility index (Phi) is 3.82. The van der Waals surface area contributed by atoms with Gasteiger partial charge in [0, 0.05) is 6.54 Å². The number of fused-ring (bicyclic) bond motifs is 1. The Morgan fingerprint density at radius 2 is 1.94 bits per heavy atom. The quantitative estimate of drug-likeness (QED) is 0.896. The molecule has 0 aliphatic heterocycles. The fourth-order valence-corrected chi connectivity index (χ4v) is 1.82. The van der Waals surface area contributed by atoms with Crippen molar-refractivity contribution in [2.45, 2.75) is 20.0 Å². The first kappa shape index (κ1) is 12.4. The maximum absolute atomic E-state index is 11.6. The summed E-state index contributed by atoms with van der Waals surface area (Å²) < 4.78 is 5.62. The van der Waals surface area contributed by atoms with Crippen molar-refractivity contribution >= 4 is 16.7 Å². The van der Waals surface area contributed by atoms with Crippen LogP contribution in [0.1, 0.15) is 13.8 Å². The van der Waals surface area contributed by atoms with Crippen LogP contribution in [0.3, 0.4) is 0 Å². The van der Waals surface area contributed by atoms with E-state index in [1.165, 1.54) is 0 Å². The van der Waals surface area contributed by atoms with E-state index in [1.54, 1.807) is 6.92 Å². The summed E-state index contributed by atoms with van der Waals surface area (Å²) in [5.74, 6) is 0.623. The van der Waals surface area contributed by atoms with Gasteiger partial charge in [0.1, 0.15) is 5.75 Å². The predicted molar refractivity (Wildman–Crippen MR) is 72.7 cm³/mol. The van der Waals surface area contributed by atoms with Gasteiger partial charge in [-0.2, -0.15) is 0 Å². The van der Waals surface area contributed by atoms with Crippen molar-refractivity contribution in [3.8, 4) is 5.75 Å². The third kappa shape index (κ3) is 2.80. The standard InChI is InChI=1S/C15H17NO2/c1-3-16-15(17)11(2)18-14-9-8-12-6-4-5-7-13(12)10-14/h4-11H,3H2,1-2H3,(H,16,17). The van der Waals surface area contributed by atoms with Crippen LogP contribution in [0.25, 0.3) is 10.8 Å². The van der Waals surface area contributed by atoms with Gasteiger partial charge in [-0.05, 0) is 36.8 Å². The average Bonchev–Trinajstić information content (AvgIpc) is 2.39. The van der Waals surface area contributed by atoms with E-state index in [0.29, 0.717) is 12.3 Å². The van der Waals surface area contributed by atoms with Gasteiger partial charge in [-0.1, -0.05) is 30.3 Å². The van der Waals surface area contributed by atoms with Gasteiger partial charge >= 0.3 is 0 Å². The molecule has 0 saturated heterocycles. The van der Waals surface area contributed by atoms with E-state index >= 15 is 0 Å². The van der Waals surface area contributed by atoms with Gasteiger partial charge in [-0.15, -0.1) is 0 Å². The van der Waals surface area contributed by atoms with Crippen LogP contribution in [0.15, 0.2) is 42.5 Å². The lowest BCUT2D eigenvalue weighted by molar-refractivity contribution is -0.127. The second-order valence-electron chi connectivity index (χ2n) is 4.16. The topological polar surface area (TPSA) is 38.3 Å². The van der Waals surface area contributed by atoms with Crippen molar-refractivity contribution < 1.29 is 9.53 Å². The Bertz CT molecular complexity index is 551. The van der Waals surface area contributed by atoms with Gasteiger partial charge in [0.25, 0.3) is 5.91 Å². The number of carbonyl (C=O) groups excluding carboxylic acids is 1. The smallest absolute Gasteiger partial charge is 0.260 e. The SMILES string of the molecule is CCNC(=O)C(C)Oc1ccc2ccccc2c1. The second-order valence-corrected chi connectivity index (χ2v) is 4.16. The lowest BCUT2D eigenvalue weighted by atomic mass is 10.1. The zero-order chi connectivity index (χ0) is 13.0. The highest BCUT2D eigenvalue weighted by Gasteiger charge is 2.13. The fourth-order valence-electron chi connectivity index (χ4n) is 1.82. The highest BCUT2D eigenvalue weighted by atomic mass is 16.5. The van der Waals surface area contributed by atoms with E-state index in [0.717, 1.165) is 10.8 Å². The van der Waals surface area contributed by atoms with Crippen molar-refractivity contribution in [3.05, 3.63) is 42.5 Å². The van der Waals surface area contributed by atoms with E-state index in [-0.39, 0.29) is 5.91 Å². The molecule has 0 bridgehead atoms. The number of rotatable bonds is 4. The molecular formula is C15H17NO2. The van der Waals surface area contributed by atoms with Gasteiger partial charge in [-0.25, -0.2) is 0 Å². The molecule has 1 unspecified atom stereocenters. The van der Waals surface area contributed by atoms with Crippen LogP contribution in [0.4, 0.5) is 0 Å². The van der Waals surface area contributed by atoms with Crippen molar-refractivity contribution in [1.82, 2.24) is 5.32 Å². The Hall–Kier alpha value is -2.03. The molecule has 0 aliphatic carbocycles. The van der Waals surface area contributed by atoms with Gasteiger partial charge in [0.15, 0.2) is 6.10 Å². The number of amides is 1. The molecule has 0 heterocycles. The monoisotopic (exact) mass is 243 g/mol. The maximum atomic E-state index is 11.6. The largest absolute Gasteiger partial charge is 0.481 e. The zero-order valence-corrected chi connectivity index (χ0v) is 10.6. The van der Waals surface area contributed by atoms with Crippen LogP contribution < -0.4 is 10.1 Å². The van der Waals surface area contributed by atoms with Crippen LogP contribution in [0.5, 0.6) is 5.75 Å². The lowest BCUT2D eigenvalue weighted by Crippen LogP contribution is -2.36. The molecule has 0 radical (unpaired) electrons. The highest BCUT2D eigenvalue weighted by molar-refractivity contribution is 5.84. The van der Waals surface area contributed by atoms with Crippen LogP contribution in [-0.4, -0.2) is 18.6 Å². The van der Waals surface area contributed by atoms with E-state index in [2.05, 4.69) is 5.32 Å². The molecule has 2 rings (SSSR count). The van der Waals surface area contributed by atoms with Crippen LogP contribution in [-0.2, 0) is 4.79 Å². The molecule has 18 heavy (non-hydrogen) atoms. The van der Waals surface area contributed by atoms with Crippen molar-refractivity contribution in [2.75, 3.05) is 6.54 Å². The third-order valence-electron chi connectivity index (χ3n) is 2.75. The number of hydrogen-bond acceptors (Lipinski definition) is 2. The predicted octanol–water partition coefficient (Wildman–Crippen LogP) is 2.74. The van der Waals surface area contributed by atoms with Gasteiger partial charge in [0.05, 0.1) is 0 Å². The fraction of sp³-hybridized carbons (Fsp3) is 0.267. The second kappa shape index (κ2) is 5.54. The summed E-state index contributed by atoms with van der Waals surface area (Å²) in [4.78, 5) is 11.6. The summed E-state index contributed by atoms with van der Waals surface area (Å²) in [6, 6.07) is 13.9. The van der Waals surface area contributed by atoms with E-state index in [9.17, 15) is 4.79 Å². The zero-order valence-electron chi connectivity index (χ0n) is 10.6. The summed E-state index contributed by atoms with van der Waals surface area (Å²) in [5.41, 5.74) is 0. The van der Waals surface area contributed by atoms with Crippen LogP contribution in [0, 0.1) is 0 Å². The molecule has 0 aliphatic rings. The molecule has 94 valence electrons. The molecular weight excluding hydrogens is 226 g/mol. The number of likely N-dealkylation sites (N-methyl/N-ethyl adjacent to an activating group) is 1. The molecule has 2 aromatic carbocycles. The minimum Gasteiger partial charge on any atom is -0.481 e. The van der Waals surface area contributed by atoms with Crippen molar-refractivity contribution in [1.29, 1.82) is 0 Å². The minimum absolute atomic E-state index is 0.0920. The summed E-state index contributed by atoms with van der Waals surface area (Å²) in [7, 11) is 0. The normalized spacial score (nSPS) is 12.1. The Morgan fingerprint density at radius 3 is 2.67 bits per heavy atom. The minimum atomic E-state index is -0.480. The van der Waals surface area contributed by atoms with Crippen LogP contribution in [0.2, 0.25) is 0 Å². The summed E-state index contributed by atoms with van der Waals surface area (Å²) in [5, 5.41) is 5.01. The first-order valence-electron chi connectivity index (χ1n) is 6.14.